The Bertz CT molecular complexity index is 3490. The van der Waals surface area contributed by atoms with Gasteiger partial charge in [-0.3, -0.25) is 0 Å². The van der Waals surface area contributed by atoms with Crippen molar-refractivity contribution in [3.63, 3.8) is 0 Å². The summed E-state index contributed by atoms with van der Waals surface area (Å²) in [6, 6.07) is 17.4. The normalized spacial score (nSPS) is 11.8. The number of halogens is 6. The summed E-state index contributed by atoms with van der Waals surface area (Å²) in [5.41, 5.74) is 1.96. The highest BCUT2D eigenvalue weighted by Gasteiger charge is 2.31. The average molecular weight is 1300 g/mol. The number of alkyl halides is 6. The summed E-state index contributed by atoms with van der Waals surface area (Å²) in [6.45, 7) is 10.9. The summed E-state index contributed by atoms with van der Waals surface area (Å²) in [6.07, 6.45) is 27.7. The first-order valence-electron chi connectivity index (χ1n) is 35.1. The summed E-state index contributed by atoms with van der Waals surface area (Å²) in [7, 11) is 0. The van der Waals surface area contributed by atoms with Crippen molar-refractivity contribution in [3.8, 4) is 46.7 Å². The lowest BCUT2D eigenvalue weighted by Gasteiger charge is -2.19. The van der Waals surface area contributed by atoms with Crippen LogP contribution in [0.15, 0.2) is 72.8 Å². The summed E-state index contributed by atoms with van der Waals surface area (Å²) in [4.78, 5) is 11.2. The van der Waals surface area contributed by atoms with Crippen LogP contribution in [0, 0.1) is 23.7 Å². The van der Waals surface area contributed by atoms with Gasteiger partial charge in [-0.1, -0.05) is 231 Å². The van der Waals surface area contributed by atoms with Gasteiger partial charge in [-0.15, -0.1) is 0 Å². The van der Waals surface area contributed by atoms with Gasteiger partial charge in [0.15, 0.2) is 23.0 Å². The van der Waals surface area contributed by atoms with Crippen LogP contribution in [-0.4, -0.2) is 45.1 Å². The number of fused-ring (bicyclic) bond motifs is 8. The Labute approximate surface area is 552 Å². The standard InChI is InChI=1S/C78H96F6N4O4S/c1-5-9-13-17-21-25-29-33-49-89-67-53-63-64-54-68(90-50-34-30-26-22-18-14-10-6-2)70(92-52-36-32-28-24-20-16-12-8-4)56-66(64)74-73(65(63)55-69(67)91-51-35-31-27-23-19-15-11-7-3)85-71-61(47-41-57-37-43-59(44-38-57)77(79,80)81)75-76(88-93-87-75)62(72(71)86-74)48-42-58-39-45-60(46-40-58)78(82,83)84/h37-40,43-46,53-56H,5-36,49-52H2,1-4H3. The van der Waals surface area contributed by atoms with Gasteiger partial charge in [0.25, 0.3) is 0 Å². The molecule has 15 heteroatoms. The molecule has 0 aliphatic heterocycles. The Morgan fingerprint density at radius 1 is 0.312 bits per heavy atom. The fourth-order valence-electron chi connectivity index (χ4n) is 12.0. The molecule has 8 rings (SSSR count). The molecule has 2 heterocycles. The van der Waals surface area contributed by atoms with Crippen LogP contribution in [0.25, 0.3) is 54.6 Å². The topological polar surface area (TPSA) is 88.5 Å². The van der Waals surface area contributed by atoms with E-state index in [2.05, 4.69) is 63.5 Å². The number of nitrogens with zero attached hydrogens (tertiary/aromatic N) is 4. The Morgan fingerprint density at radius 3 is 0.839 bits per heavy atom. The van der Waals surface area contributed by atoms with Crippen LogP contribution in [0.2, 0.25) is 0 Å². The first kappa shape index (κ1) is 72.0. The summed E-state index contributed by atoms with van der Waals surface area (Å²) >= 11 is 0.921. The van der Waals surface area contributed by atoms with Crippen molar-refractivity contribution in [1.82, 2.24) is 18.7 Å². The van der Waals surface area contributed by atoms with E-state index in [9.17, 15) is 26.3 Å². The molecule has 0 atom stereocenters. The van der Waals surface area contributed by atoms with Gasteiger partial charge in [0.2, 0.25) is 0 Å². The van der Waals surface area contributed by atoms with Crippen molar-refractivity contribution in [2.75, 3.05) is 26.4 Å². The third-order valence-electron chi connectivity index (χ3n) is 17.4. The molecule has 0 amide bonds. The van der Waals surface area contributed by atoms with Crippen molar-refractivity contribution in [3.05, 3.63) is 106 Å². The second kappa shape index (κ2) is 37.9. The number of ether oxygens (including phenoxy) is 4. The maximum absolute atomic E-state index is 13.8. The monoisotopic (exact) mass is 1300 g/mol. The fourth-order valence-corrected chi connectivity index (χ4v) is 12.5. The minimum absolute atomic E-state index is 0.299. The Kier molecular flexibility index (Phi) is 29.3. The van der Waals surface area contributed by atoms with Crippen molar-refractivity contribution < 1.29 is 45.3 Å². The Morgan fingerprint density at radius 2 is 0.570 bits per heavy atom. The zero-order valence-electron chi connectivity index (χ0n) is 55.5. The number of aromatic nitrogens is 4. The van der Waals surface area contributed by atoms with Crippen molar-refractivity contribution in [2.24, 2.45) is 0 Å². The predicted molar refractivity (Wildman–Crippen MR) is 370 cm³/mol. The van der Waals surface area contributed by atoms with E-state index in [-0.39, 0.29) is 0 Å². The molecule has 8 nitrogen and oxygen atoms in total. The smallest absolute Gasteiger partial charge is 0.416 e. The molecule has 0 saturated heterocycles. The van der Waals surface area contributed by atoms with E-state index in [0.717, 1.165) is 135 Å². The van der Waals surface area contributed by atoms with Gasteiger partial charge >= 0.3 is 12.4 Å². The summed E-state index contributed by atoms with van der Waals surface area (Å²) < 4.78 is 119. The molecule has 0 saturated carbocycles. The summed E-state index contributed by atoms with van der Waals surface area (Å²) in [5, 5.41) is 3.07. The first-order valence-corrected chi connectivity index (χ1v) is 35.8. The molecule has 6 aromatic carbocycles. The zero-order chi connectivity index (χ0) is 65.7. The third kappa shape index (κ3) is 21.6. The van der Waals surface area contributed by atoms with Crippen LogP contribution < -0.4 is 18.9 Å². The van der Waals surface area contributed by atoms with E-state index in [4.69, 9.17) is 37.7 Å². The van der Waals surface area contributed by atoms with Gasteiger partial charge in [0, 0.05) is 21.9 Å². The van der Waals surface area contributed by atoms with Gasteiger partial charge in [0.1, 0.15) is 22.1 Å². The van der Waals surface area contributed by atoms with E-state index in [0.29, 0.717) is 105 Å². The van der Waals surface area contributed by atoms with Crippen LogP contribution in [0.4, 0.5) is 26.3 Å². The van der Waals surface area contributed by atoms with Gasteiger partial charge < -0.3 is 18.9 Å². The molecule has 0 N–H and O–H groups in total. The van der Waals surface area contributed by atoms with Crippen LogP contribution in [-0.2, 0) is 12.4 Å². The molecule has 0 bridgehead atoms. The van der Waals surface area contributed by atoms with E-state index in [1.165, 1.54) is 153 Å². The first-order chi connectivity index (χ1) is 45.3. The molecule has 0 aliphatic carbocycles. The quantitative estimate of drug-likeness (QED) is 0.0123. The minimum Gasteiger partial charge on any atom is -0.490 e. The van der Waals surface area contributed by atoms with Crippen molar-refractivity contribution >= 4 is 66.4 Å². The fraction of sp³-hybridized carbons (Fsp3) is 0.538. The largest absolute Gasteiger partial charge is 0.490 e. The highest BCUT2D eigenvalue weighted by molar-refractivity contribution is 7.00. The zero-order valence-corrected chi connectivity index (χ0v) is 56.3. The lowest BCUT2D eigenvalue weighted by atomic mass is 9.97. The van der Waals surface area contributed by atoms with Gasteiger partial charge in [-0.2, -0.15) is 35.1 Å². The molecular formula is C78H96F6N4O4S. The predicted octanol–water partition coefficient (Wildman–Crippen LogP) is 24.0. The van der Waals surface area contributed by atoms with Gasteiger partial charge in [-0.25, -0.2) is 9.97 Å². The second-order valence-electron chi connectivity index (χ2n) is 25.0. The minimum atomic E-state index is -4.54. The number of benzene rings is 6. The maximum Gasteiger partial charge on any atom is 0.416 e. The highest BCUT2D eigenvalue weighted by Crippen LogP contribution is 2.46. The van der Waals surface area contributed by atoms with Crippen LogP contribution in [0.5, 0.6) is 23.0 Å². The van der Waals surface area contributed by atoms with Crippen molar-refractivity contribution in [2.45, 2.75) is 246 Å². The van der Waals surface area contributed by atoms with Crippen molar-refractivity contribution in [1.29, 1.82) is 0 Å². The highest BCUT2D eigenvalue weighted by atomic mass is 32.1. The number of rotatable bonds is 40. The van der Waals surface area contributed by atoms with E-state index in [1.807, 2.05) is 12.1 Å². The van der Waals surface area contributed by atoms with E-state index >= 15 is 0 Å². The molecule has 0 spiro atoms. The lowest BCUT2D eigenvalue weighted by molar-refractivity contribution is -0.138. The molecule has 500 valence electrons. The van der Waals surface area contributed by atoms with E-state index in [1.54, 1.807) is 0 Å². The molecule has 0 radical (unpaired) electrons. The SMILES string of the molecule is CCCCCCCCCCOc1cc2c3cc(OCCCCCCCCCC)c(OCCCCCCCCCC)cc3c3nc4c(C#Cc5ccc(C(F)(F)F)cc5)c5nsnc5c(C#Cc5ccc(C(F)(F)F)cc5)c4nc3c2cc1OCCCCCCCCCC. The van der Waals surface area contributed by atoms with Crippen LogP contribution >= 0.6 is 11.7 Å². The van der Waals surface area contributed by atoms with Crippen LogP contribution in [0.1, 0.15) is 267 Å². The van der Waals surface area contributed by atoms with E-state index < -0.39 is 23.5 Å². The Balaban J connectivity index is 1.33. The second-order valence-corrected chi connectivity index (χ2v) is 25.5. The third-order valence-corrected chi connectivity index (χ3v) is 17.9. The average Bonchev–Trinajstić information content (AvgIpc) is 1.50. The molecule has 0 unspecified atom stereocenters. The summed E-state index contributed by atoms with van der Waals surface area (Å²) in [5.74, 6) is 15.0. The van der Waals surface area contributed by atoms with Gasteiger partial charge in [-0.05, 0) is 109 Å². The molecule has 0 fully saturated rings. The van der Waals surface area contributed by atoms with Gasteiger partial charge in [0.05, 0.1) is 71.4 Å². The molecule has 2 aromatic heterocycles. The number of hydrogen-bond donors (Lipinski definition) is 0. The Hall–Kier alpha value is -6.84. The number of hydrogen-bond acceptors (Lipinski definition) is 9. The molecule has 0 aliphatic rings. The maximum atomic E-state index is 13.8. The molecular weight excluding hydrogens is 1200 g/mol. The molecule has 93 heavy (non-hydrogen) atoms. The van der Waals surface area contributed by atoms with Crippen LogP contribution in [0.3, 0.4) is 0 Å². The number of unbranched alkanes of at least 4 members (excludes halogenated alkanes) is 28. The lowest BCUT2D eigenvalue weighted by Crippen LogP contribution is -2.05. The molecule has 8 aromatic rings.